The molecule has 1 aliphatic heterocycles. The fraction of sp³-hybridized carbons (Fsp3) is 0.286. The molecular formula is C21H22O6. The third-order valence-electron chi connectivity index (χ3n) is 4.06. The van der Waals surface area contributed by atoms with Crippen molar-refractivity contribution in [2.24, 2.45) is 0 Å². The molecule has 0 saturated carbocycles. The second kappa shape index (κ2) is 9.09. The Morgan fingerprint density at radius 1 is 1.22 bits per heavy atom. The molecule has 0 aliphatic carbocycles. The lowest BCUT2D eigenvalue weighted by molar-refractivity contribution is -0.149. The second-order valence-electron chi connectivity index (χ2n) is 5.92. The minimum Gasteiger partial charge on any atom is -0.490 e. The van der Waals surface area contributed by atoms with E-state index in [1.165, 1.54) is 0 Å². The van der Waals surface area contributed by atoms with Gasteiger partial charge in [0.2, 0.25) is 6.79 Å². The number of fused-ring (bicyclic) bond motifs is 1. The van der Waals surface area contributed by atoms with Gasteiger partial charge in [0.15, 0.2) is 17.6 Å². The van der Waals surface area contributed by atoms with Gasteiger partial charge >= 0.3 is 5.97 Å². The molecule has 6 heteroatoms. The number of ether oxygens (including phenoxy) is 4. The van der Waals surface area contributed by atoms with Crippen LogP contribution in [0.25, 0.3) is 6.08 Å². The first-order chi connectivity index (χ1) is 13.2. The Hall–Kier alpha value is -2.99. The molecule has 1 atom stereocenters. The van der Waals surface area contributed by atoms with Crippen molar-refractivity contribution < 1.29 is 28.8 Å². The molecule has 1 heterocycles. The summed E-state index contributed by atoms with van der Waals surface area (Å²) in [6.45, 7) is 2.80. The van der Waals surface area contributed by atoms with Gasteiger partial charge in [0.1, 0.15) is 12.4 Å². The van der Waals surface area contributed by atoms with Crippen LogP contribution in [0.3, 0.4) is 0 Å². The average molecular weight is 370 g/mol. The minimum absolute atomic E-state index is 0.245. The molecule has 2 aromatic carbocycles. The lowest BCUT2D eigenvalue weighted by Crippen LogP contribution is -2.26. The Morgan fingerprint density at radius 2 is 2.04 bits per heavy atom. The van der Waals surface area contributed by atoms with E-state index in [1.54, 1.807) is 6.92 Å². The van der Waals surface area contributed by atoms with Gasteiger partial charge < -0.3 is 24.1 Å². The third kappa shape index (κ3) is 5.01. The molecule has 6 nitrogen and oxygen atoms in total. The second-order valence-corrected chi connectivity index (χ2v) is 5.92. The first kappa shape index (κ1) is 18.8. The largest absolute Gasteiger partial charge is 0.490 e. The quantitative estimate of drug-likeness (QED) is 0.728. The normalized spacial score (nSPS) is 13.7. The summed E-state index contributed by atoms with van der Waals surface area (Å²) in [5.41, 5.74) is 1.83. The SMILES string of the molecule is CCO[C@@H](Cc1ccc(OCC=Cc2cccc3c2OCO3)cc1)C(=O)O. The van der Waals surface area contributed by atoms with Gasteiger partial charge in [-0.1, -0.05) is 30.3 Å². The van der Waals surface area contributed by atoms with E-state index >= 15 is 0 Å². The molecule has 27 heavy (non-hydrogen) atoms. The van der Waals surface area contributed by atoms with Gasteiger partial charge in [0, 0.05) is 18.6 Å². The zero-order valence-electron chi connectivity index (χ0n) is 15.1. The molecule has 0 aromatic heterocycles. The van der Waals surface area contributed by atoms with Gasteiger partial charge in [0.05, 0.1) is 0 Å². The van der Waals surface area contributed by atoms with Gasteiger partial charge in [-0.25, -0.2) is 4.79 Å². The molecule has 0 spiro atoms. The molecule has 0 fully saturated rings. The maximum absolute atomic E-state index is 11.1. The third-order valence-corrected chi connectivity index (χ3v) is 4.06. The van der Waals surface area contributed by atoms with Crippen LogP contribution in [0.15, 0.2) is 48.5 Å². The summed E-state index contributed by atoms with van der Waals surface area (Å²) in [6.07, 6.45) is 3.33. The zero-order valence-corrected chi connectivity index (χ0v) is 15.1. The molecule has 2 aromatic rings. The lowest BCUT2D eigenvalue weighted by Gasteiger charge is -2.12. The van der Waals surface area contributed by atoms with Crippen LogP contribution in [0, 0.1) is 0 Å². The number of rotatable bonds is 9. The molecule has 0 bridgehead atoms. The van der Waals surface area contributed by atoms with Crippen LogP contribution in [0.4, 0.5) is 0 Å². The number of hydrogen-bond donors (Lipinski definition) is 1. The van der Waals surface area contributed by atoms with Gasteiger partial charge in [-0.05, 0) is 36.8 Å². The van der Waals surface area contributed by atoms with Gasteiger partial charge in [-0.15, -0.1) is 0 Å². The van der Waals surface area contributed by atoms with Crippen LogP contribution in [0.2, 0.25) is 0 Å². The fourth-order valence-corrected chi connectivity index (χ4v) is 2.76. The molecule has 3 rings (SSSR count). The number of benzene rings is 2. The van der Waals surface area contributed by atoms with Gasteiger partial charge in [-0.2, -0.15) is 0 Å². The summed E-state index contributed by atoms with van der Waals surface area (Å²) in [6, 6.07) is 13.1. The predicted octanol–water partition coefficient (Wildman–Crippen LogP) is 3.54. The summed E-state index contributed by atoms with van der Waals surface area (Å²) in [5, 5.41) is 9.14. The van der Waals surface area contributed by atoms with Gasteiger partial charge in [-0.3, -0.25) is 0 Å². The van der Waals surface area contributed by atoms with Crippen LogP contribution < -0.4 is 14.2 Å². The Bertz CT molecular complexity index is 797. The number of carbonyl (C=O) groups is 1. The minimum atomic E-state index is -0.955. The molecule has 0 saturated heterocycles. The Labute approximate surface area is 157 Å². The molecular weight excluding hydrogens is 348 g/mol. The Morgan fingerprint density at radius 3 is 2.78 bits per heavy atom. The van der Waals surface area contributed by atoms with Crippen molar-refractivity contribution in [3.8, 4) is 17.2 Å². The molecule has 1 N–H and O–H groups in total. The van der Waals surface area contributed by atoms with E-state index in [4.69, 9.17) is 24.1 Å². The van der Waals surface area contributed by atoms with Crippen molar-refractivity contribution in [1.82, 2.24) is 0 Å². The first-order valence-corrected chi connectivity index (χ1v) is 8.78. The van der Waals surface area contributed by atoms with Crippen molar-refractivity contribution in [3.63, 3.8) is 0 Å². The van der Waals surface area contributed by atoms with Crippen LogP contribution in [0.5, 0.6) is 17.2 Å². The van der Waals surface area contributed by atoms with E-state index in [9.17, 15) is 4.79 Å². The van der Waals surface area contributed by atoms with Crippen molar-refractivity contribution in [3.05, 3.63) is 59.7 Å². The maximum Gasteiger partial charge on any atom is 0.333 e. The fourth-order valence-electron chi connectivity index (χ4n) is 2.76. The topological polar surface area (TPSA) is 74.2 Å². The summed E-state index contributed by atoms with van der Waals surface area (Å²) in [7, 11) is 0. The Kier molecular flexibility index (Phi) is 6.33. The molecule has 1 aliphatic rings. The van der Waals surface area contributed by atoms with Crippen LogP contribution >= 0.6 is 0 Å². The highest BCUT2D eigenvalue weighted by atomic mass is 16.7. The highest BCUT2D eigenvalue weighted by molar-refractivity contribution is 5.72. The van der Waals surface area contributed by atoms with E-state index < -0.39 is 12.1 Å². The highest BCUT2D eigenvalue weighted by Crippen LogP contribution is 2.35. The van der Waals surface area contributed by atoms with Gasteiger partial charge in [0.25, 0.3) is 0 Å². The number of carboxylic acid groups (broad SMARTS) is 1. The number of carboxylic acids is 1. The van der Waals surface area contributed by atoms with Crippen molar-refractivity contribution in [1.29, 1.82) is 0 Å². The number of hydrogen-bond acceptors (Lipinski definition) is 5. The standard InChI is InChI=1S/C21H22O6/c1-2-24-19(21(22)23)13-15-8-10-17(11-9-15)25-12-4-6-16-5-3-7-18-20(16)27-14-26-18/h3-11,19H,2,12-14H2,1H3,(H,22,23)/t19-/m0/s1. The van der Waals surface area contributed by atoms with E-state index in [0.29, 0.717) is 25.4 Å². The average Bonchev–Trinajstić information content (AvgIpc) is 3.15. The summed E-state index contributed by atoms with van der Waals surface area (Å²) >= 11 is 0. The van der Waals surface area contributed by atoms with E-state index in [1.807, 2.05) is 54.6 Å². The molecule has 0 radical (unpaired) electrons. The summed E-state index contributed by atoms with van der Waals surface area (Å²) in [5.74, 6) is 1.26. The summed E-state index contributed by atoms with van der Waals surface area (Å²) < 4.78 is 21.7. The summed E-state index contributed by atoms with van der Waals surface area (Å²) in [4.78, 5) is 11.1. The van der Waals surface area contributed by atoms with Crippen molar-refractivity contribution >= 4 is 12.0 Å². The number of para-hydroxylation sites is 1. The Balaban J connectivity index is 1.52. The van der Waals surface area contributed by atoms with E-state index in [-0.39, 0.29) is 6.79 Å². The first-order valence-electron chi connectivity index (χ1n) is 8.78. The van der Waals surface area contributed by atoms with Crippen LogP contribution in [0.1, 0.15) is 18.1 Å². The predicted molar refractivity (Wildman–Crippen MR) is 100 cm³/mol. The zero-order chi connectivity index (χ0) is 19.1. The van der Waals surface area contributed by atoms with Crippen molar-refractivity contribution in [2.75, 3.05) is 20.0 Å². The smallest absolute Gasteiger partial charge is 0.333 e. The van der Waals surface area contributed by atoms with E-state index in [2.05, 4.69) is 0 Å². The molecule has 142 valence electrons. The highest BCUT2D eigenvalue weighted by Gasteiger charge is 2.18. The van der Waals surface area contributed by atoms with Crippen LogP contribution in [-0.2, 0) is 16.0 Å². The monoisotopic (exact) mass is 370 g/mol. The number of aliphatic carboxylic acids is 1. The van der Waals surface area contributed by atoms with E-state index in [0.717, 1.165) is 22.6 Å². The maximum atomic E-state index is 11.1. The lowest BCUT2D eigenvalue weighted by atomic mass is 10.1. The molecule has 0 amide bonds. The van der Waals surface area contributed by atoms with Crippen molar-refractivity contribution in [2.45, 2.75) is 19.4 Å². The molecule has 0 unspecified atom stereocenters. The van der Waals surface area contributed by atoms with Crippen LogP contribution in [-0.4, -0.2) is 37.2 Å².